The number of aryl methyl sites for hydroxylation is 2. The summed E-state index contributed by atoms with van der Waals surface area (Å²) in [5.41, 5.74) is 8.41. The maximum atomic E-state index is 12.3. The Labute approximate surface area is 290 Å². The predicted octanol–water partition coefficient (Wildman–Crippen LogP) is 5.84. The first-order valence-electron chi connectivity index (χ1n) is 15.5. The van der Waals surface area contributed by atoms with Crippen LogP contribution in [0.2, 0.25) is 0 Å². The minimum Gasteiger partial charge on any atom is -0.465 e. The number of rotatable bonds is 17. The summed E-state index contributed by atoms with van der Waals surface area (Å²) in [4.78, 5) is 61.4. The normalized spacial score (nSPS) is 11.6. The molecule has 258 valence electrons. The summed E-state index contributed by atoms with van der Waals surface area (Å²) in [5.74, 6) is -1.23. The molecule has 0 aliphatic rings. The van der Waals surface area contributed by atoms with Crippen LogP contribution >= 0.6 is 23.5 Å². The van der Waals surface area contributed by atoms with E-state index >= 15 is 0 Å². The third-order valence-electron chi connectivity index (χ3n) is 6.39. The maximum absolute atomic E-state index is 12.3. The fourth-order valence-corrected chi connectivity index (χ4v) is 6.00. The highest BCUT2D eigenvalue weighted by Gasteiger charge is 2.25. The number of carbonyl (C=O) groups excluding carboxylic acids is 5. The second kappa shape index (κ2) is 22.4. The molecule has 0 saturated carbocycles. The van der Waals surface area contributed by atoms with Crippen molar-refractivity contribution in [1.82, 2.24) is 5.32 Å². The van der Waals surface area contributed by atoms with E-state index in [2.05, 4.69) is 5.32 Å². The van der Waals surface area contributed by atoms with Crippen molar-refractivity contribution in [2.45, 2.75) is 67.4 Å². The van der Waals surface area contributed by atoms with Gasteiger partial charge in [0.15, 0.2) is 5.78 Å². The Morgan fingerprint density at radius 2 is 1.12 bits per heavy atom. The Balaban J connectivity index is 0.000000365. The number of Topliss-reactive ketones (excluding diaryl/α,β-unsaturated/α-hetero) is 2. The minimum atomic E-state index is -0.680. The van der Waals surface area contributed by atoms with Crippen molar-refractivity contribution in [2.75, 3.05) is 26.3 Å². The third-order valence-corrected chi connectivity index (χ3v) is 8.77. The van der Waals surface area contributed by atoms with Gasteiger partial charge in [0.1, 0.15) is 22.9 Å². The van der Waals surface area contributed by atoms with Crippen LogP contribution in [0, 0.1) is 13.8 Å². The highest BCUT2D eigenvalue weighted by molar-refractivity contribution is 8.00. The molecular weight excluding hydrogens is 653 g/mol. The lowest BCUT2D eigenvalue weighted by Crippen LogP contribution is -2.33. The van der Waals surface area contributed by atoms with Gasteiger partial charge in [-0.05, 0) is 57.5 Å². The average molecular weight is 697 g/mol. The van der Waals surface area contributed by atoms with Crippen LogP contribution in [0.1, 0.15) is 43.4 Å². The Morgan fingerprint density at radius 1 is 0.667 bits per heavy atom. The number of hydrogen-bond donors (Lipinski definition) is 2. The first-order valence-corrected chi connectivity index (χ1v) is 17.3. The van der Waals surface area contributed by atoms with Crippen molar-refractivity contribution in [3.05, 3.63) is 95.6 Å². The summed E-state index contributed by atoms with van der Waals surface area (Å²) in [6, 6.07) is 24.7. The van der Waals surface area contributed by atoms with Crippen molar-refractivity contribution in [3.63, 3.8) is 0 Å². The molecule has 0 aliphatic carbocycles. The average Bonchev–Trinajstić information content (AvgIpc) is 3.08. The molecule has 3 N–H and O–H groups in total. The number of benzene rings is 3. The molecule has 0 bridgehead atoms. The molecule has 2 unspecified atom stereocenters. The Kier molecular flexibility index (Phi) is 18.7. The highest BCUT2D eigenvalue weighted by Crippen LogP contribution is 2.28. The van der Waals surface area contributed by atoms with Gasteiger partial charge in [-0.25, -0.2) is 4.79 Å². The molecule has 0 heterocycles. The van der Waals surface area contributed by atoms with Crippen LogP contribution in [-0.4, -0.2) is 66.4 Å². The molecule has 0 aliphatic heterocycles. The largest absolute Gasteiger partial charge is 0.465 e. The summed E-state index contributed by atoms with van der Waals surface area (Å²) in [5, 5.41) is 1.23. The molecule has 0 aromatic heterocycles. The zero-order valence-corrected chi connectivity index (χ0v) is 29.4. The molecule has 10 nitrogen and oxygen atoms in total. The van der Waals surface area contributed by atoms with E-state index in [4.69, 9.17) is 19.9 Å². The first-order chi connectivity index (χ1) is 23.0. The number of nitrogens with two attached hydrogens (primary N) is 1. The number of carbonyl (C=O) groups is 5. The number of amides is 1. The molecule has 12 heteroatoms. The van der Waals surface area contributed by atoms with Crippen molar-refractivity contribution in [2.24, 2.45) is 5.73 Å². The quantitative estimate of drug-likeness (QED) is 0.0995. The van der Waals surface area contributed by atoms with E-state index in [1.165, 1.54) is 23.5 Å². The van der Waals surface area contributed by atoms with Crippen LogP contribution in [0.3, 0.4) is 0 Å². The lowest BCUT2D eigenvalue weighted by Gasteiger charge is -2.15. The minimum absolute atomic E-state index is 0.0453. The monoisotopic (exact) mass is 696 g/mol. The van der Waals surface area contributed by atoms with E-state index in [-0.39, 0.29) is 56.7 Å². The zero-order valence-electron chi connectivity index (χ0n) is 27.8. The standard InChI is InChI=1S/C22H25NO5S.C14H19NO3S/c1-3-27-21(25)20(29-19-11-9-16(2)10-12-19)13-18(24)14-23-22(26)28-15-17-7-5-4-6-8-17;1-3-18-14(17)13(8-11(16)9-15)19-12-6-4-10(2)5-7-12/h4-12,20H,3,13-15H2,1-2H3,(H,23,26);4-7,13H,3,8-9,15H2,1-2H3. The van der Waals surface area contributed by atoms with Gasteiger partial charge in [0.25, 0.3) is 0 Å². The molecule has 2 atom stereocenters. The van der Waals surface area contributed by atoms with Crippen molar-refractivity contribution >= 4 is 53.1 Å². The lowest BCUT2D eigenvalue weighted by molar-refractivity contribution is -0.144. The van der Waals surface area contributed by atoms with Gasteiger partial charge in [0, 0.05) is 22.6 Å². The Hall–Kier alpha value is -4.13. The summed E-state index contributed by atoms with van der Waals surface area (Å²) in [7, 11) is 0. The topological polar surface area (TPSA) is 151 Å². The number of nitrogens with one attached hydrogen (secondary N) is 1. The van der Waals surface area contributed by atoms with Crippen LogP contribution < -0.4 is 11.1 Å². The number of alkyl carbamates (subject to hydrolysis) is 1. The molecule has 0 fully saturated rings. The Morgan fingerprint density at radius 3 is 1.56 bits per heavy atom. The van der Waals surface area contributed by atoms with E-state index in [1.54, 1.807) is 13.8 Å². The lowest BCUT2D eigenvalue weighted by atomic mass is 10.2. The number of esters is 2. The van der Waals surface area contributed by atoms with Gasteiger partial charge in [-0.15, -0.1) is 23.5 Å². The van der Waals surface area contributed by atoms with E-state index in [9.17, 15) is 24.0 Å². The molecule has 3 rings (SSSR count). The molecule has 0 spiro atoms. The van der Waals surface area contributed by atoms with Crippen molar-refractivity contribution in [1.29, 1.82) is 0 Å². The number of ketones is 2. The Bertz CT molecular complexity index is 1450. The molecule has 0 radical (unpaired) electrons. The summed E-state index contributed by atoms with van der Waals surface area (Å²) >= 11 is 2.61. The fourth-order valence-electron chi connectivity index (χ4n) is 3.89. The SMILES string of the molecule is CCOC(=O)C(CC(=O)CN)Sc1ccc(C)cc1.CCOC(=O)C(CC(=O)CNC(=O)OCc1ccccc1)Sc1ccc(C)cc1. The smallest absolute Gasteiger partial charge is 0.407 e. The van der Waals surface area contributed by atoms with Gasteiger partial charge in [-0.3, -0.25) is 19.2 Å². The second-order valence-electron chi connectivity index (χ2n) is 10.4. The molecule has 3 aromatic rings. The van der Waals surface area contributed by atoms with E-state index < -0.39 is 22.6 Å². The van der Waals surface area contributed by atoms with Gasteiger partial charge >= 0.3 is 18.0 Å². The van der Waals surface area contributed by atoms with Gasteiger partial charge in [-0.1, -0.05) is 65.7 Å². The molecule has 3 aromatic carbocycles. The van der Waals surface area contributed by atoms with E-state index in [0.717, 1.165) is 26.5 Å². The van der Waals surface area contributed by atoms with E-state index in [1.807, 2.05) is 92.7 Å². The molecular formula is C36H44N2O8S2. The van der Waals surface area contributed by atoms with Crippen LogP contribution in [0.15, 0.2) is 88.7 Å². The molecule has 1 amide bonds. The summed E-state index contributed by atoms with van der Waals surface area (Å²) < 4.78 is 15.2. The third kappa shape index (κ3) is 16.1. The summed E-state index contributed by atoms with van der Waals surface area (Å²) in [6.45, 7) is 7.84. The second-order valence-corrected chi connectivity index (χ2v) is 13.0. The first kappa shape index (κ1) is 40.0. The number of ether oxygens (including phenoxy) is 3. The van der Waals surface area contributed by atoms with Crippen LogP contribution in [0.4, 0.5) is 4.79 Å². The van der Waals surface area contributed by atoms with Crippen LogP contribution in [0.25, 0.3) is 0 Å². The number of thioether (sulfide) groups is 2. The summed E-state index contributed by atoms with van der Waals surface area (Å²) in [6.07, 6.45) is -0.620. The fraction of sp³-hybridized carbons (Fsp3) is 0.361. The molecule has 0 saturated heterocycles. The van der Waals surface area contributed by atoms with Gasteiger partial charge < -0.3 is 25.3 Å². The van der Waals surface area contributed by atoms with Crippen molar-refractivity contribution in [3.8, 4) is 0 Å². The van der Waals surface area contributed by atoms with Crippen molar-refractivity contribution < 1.29 is 38.2 Å². The van der Waals surface area contributed by atoms with Crippen LogP contribution in [-0.2, 0) is 40.0 Å². The van der Waals surface area contributed by atoms with Gasteiger partial charge in [0.2, 0.25) is 0 Å². The maximum Gasteiger partial charge on any atom is 0.407 e. The van der Waals surface area contributed by atoms with Gasteiger partial charge in [-0.2, -0.15) is 0 Å². The van der Waals surface area contributed by atoms with Gasteiger partial charge in [0.05, 0.1) is 26.3 Å². The van der Waals surface area contributed by atoms with E-state index in [0.29, 0.717) is 6.61 Å². The zero-order chi connectivity index (χ0) is 35.3. The highest BCUT2D eigenvalue weighted by atomic mass is 32.2. The predicted molar refractivity (Wildman–Crippen MR) is 188 cm³/mol. The molecule has 48 heavy (non-hydrogen) atoms. The van der Waals surface area contributed by atoms with Crippen LogP contribution in [0.5, 0.6) is 0 Å². The number of hydrogen-bond acceptors (Lipinski definition) is 11.